The standard InChI is InChI=1S/C12H16Cl2N2/c1-15-10-3-2-6-16(8-10)12-7-9(13)4-5-11(12)14/h4-5,7,10,15H,2-3,6,8H2,1H3. The SMILES string of the molecule is CNC1CCCN(c2cc(Cl)ccc2Cl)C1. The van der Waals surface area contributed by atoms with Crippen LogP contribution in [0.15, 0.2) is 18.2 Å². The van der Waals surface area contributed by atoms with E-state index in [0.717, 1.165) is 28.8 Å². The lowest BCUT2D eigenvalue weighted by atomic mass is 10.1. The van der Waals surface area contributed by atoms with E-state index in [1.54, 1.807) is 0 Å². The highest BCUT2D eigenvalue weighted by atomic mass is 35.5. The van der Waals surface area contributed by atoms with Crippen LogP contribution in [0.3, 0.4) is 0 Å². The Hall–Kier alpha value is -0.440. The Bertz CT molecular complexity index is 368. The second-order valence-corrected chi connectivity index (χ2v) is 5.01. The van der Waals surface area contributed by atoms with Crippen molar-refractivity contribution in [1.82, 2.24) is 5.32 Å². The van der Waals surface area contributed by atoms with Crippen molar-refractivity contribution >= 4 is 28.9 Å². The van der Waals surface area contributed by atoms with E-state index in [0.29, 0.717) is 6.04 Å². The predicted molar refractivity (Wildman–Crippen MR) is 70.8 cm³/mol. The fourth-order valence-corrected chi connectivity index (χ4v) is 2.56. The Balaban J connectivity index is 2.19. The maximum Gasteiger partial charge on any atom is 0.0640 e. The molecule has 1 N–H and O–H groups in total. The summed E-state index contributed by atoms with van der Waals surface area (Å²) >= 11 is 12.2. The minimum Gasteiger partial charge on any atom is -0.369 e. The number of nitrogens with zero attached hydrogens (tertiary/aromatic N) is 1. The summed E-state index contributed by atoms with van der Waals surface area (Å²) in [7, 11) is 2.01. The van der Waals surface area contributed by atoms with Crippen LogP contribution in [0.4, 0.5) is 5.69 Å². The summed E-state index contributed by atoms with van der Waals surface area (Å²) in [6, 6.07) is 6.18. The maximum atomic E-state index is 6.20. The molecule has 0 aromatic heterocycles. The lowest BCUT2D eigenvalue weighted by Crippen LogP contribution is -2.44. The maximum absolute atomic E-state index is 6.20. The summed E-state index contributed by atoms with van der Waals surface area (Å²) in [5.41, 5.74) is 1.05. The highest BCUT2D eigenvalue weighted by Crippen LogP contribution is 2.30. The van der Waals surface area contributed by atoms with Crippen LogP contribution >= 0.6 is 23.2 Å². The Morgan fingerprint density at radius 1 is 1.38 bits per heavy atom. The zero-order valence-electron chi connectivity index (χ0n) is 9.34. The van der Waals surface area contributed by atoms with Gasteiger partial charge in [-0.05, 0) is 38.1 Å². The monoisotopic (exact) mass is 258 g/mol. The van der Waals surface area contributed by atoms with Gasteiger partial charge in [0, 0.05) is 24.2 Å². The van der Waals surface area contributed by atoms with Gasteiger partial charge in [-0.25, -0.2) is 0 Å². The second-order valence-electron chi connectivity index (χ2n) is 4.17. The van der Waals surface area contributed by atoms with Crippen LogP contribution < -0.4 is 10.2 Å². The molecule has 2 nitrogen and oxygen atoms in total. The van der Waals surface area contributed by atoms with Crippen LogP contribution in [0.1, 0.15) is 12.8 Å². The largest absolute Gasteiger partial charge is 0.369 e. The lowest BCUT2D eigenvalue weighted by Gasteiger charge is -2.34. The molecule has 1 aromatic rings. The molecule has 16 heavy (non-hydrogen) atoms. The summed E-state index contributed by atoms with van der Waals surface area (Å²) < 4.78 is 0. The van der Waals surface area contributed by atoms with Gasteiger partial charge in [0.15, 0.2) is 0 Å². The van der Waals surface area contributed by atoms with Crippen molar-refractivity contribution in [2.24, 2.45) is 0 Å². The Kier molecular flexibility index (Phi) is 3.95. The van der Waals surface area contributed by atoms with E-state index in [-0.39, 0.29) is 0 Å². The first kappa shape index (κ1) is 12.0. The highest BCUT2D eigenvalue weighted by molar-refractivity contribution is 6.35. The van der Waals surface area contributed by atoms with E-state index in [2.05, 4.69) is 10.2 Å². The van der Waals surface area contributed by atoms with Crippen molar-refractivity contribution in [3.8, 4) is 0 Å². The number of benzene rings is 1. The Morgan fingerprint density at radius 2 is 2.19 bits per heavy atom. The van der Waals surface area contributed by atoms with E-state index in [1.165, 1.54) is 12.8 Å². The zero-order valence-corrected chi connectivity index (χ0v) is 10.9. The van der Waals surface area contributed by atoms with Gasteiger partial charge in [0.25, 0.3) is 0 Å². The zero-order chi connectivity index (χ0) is 11.5. The van der Waals surface area contributed by atoms with Gasteiger partial charge in [-0.1, -0.05) is 23.2 Å². The summed E-state index contributed by atoms with van der Waals surface area (Å²) in [5, 5.41) is 4.84. The van der Waals surface area contributed by atoms with E-state index in [1.807, 2.05) is 25.2 Å². The van der Waals surface area contributed by atoms with Crippen LogP contribution in [-0.2, 0) is 0 Å². The van der Waals surface area contributed by atoms with Crippen LogP contribution in [0.5, 0.6) is 0 Å². The number of halogens is 2. The summed E-state index contributed by atoms with van der Waals surface area (Å²) in [6.45, 7) is 2.05. The second kappa shape index (κ2) is 5.26. The van der Waals surface area contributed by atoms with Crippen LogP contribution in [-0.4, -0.2) is 26.2 Å². The molecule has 4 heteroatoms. The molecule has 0 radical (unpaired) electrons. The minimum atomic E-state index is 0.545. The summed E-state index contributed by atoms with van der Waals surface area (Å²) in [4.78, 5) is 2.30. The average molecular weight is 259 g/mol. The summed E-state index contributed by atoms with van der Waals surface area (Å²) in [6.07, 6.45) is 2.42. The molecule has 0 spiro atoms. The van der Waals surface area contributed by atoms with Crippen molar-refractivity contribution in [2.45, 2.75) is 18.9 Å². The number of piperidine rings is 1. The number of likely N-dealkylation sites (N-methyl/N-ethyl adjacent to an activating group) is 1. The quantitative estimate of drug-likeness (QED) is 0.877. The molecule has 0 saturated carbocycles. The fraction of sp³-hybridized carbons (Fsp3) is 0.500. The lowest BCUT2D eigenvalue weighted by molar-refractivity contribution is 0.450. The molecule has 1 saturated heterocycles. The van der Waals surface area contributed by atoms with Crippen molar-refractivity contribution in [1.29, 1.82) is 0 Å². The summed E-state index contributed by atoms with van der Waals surface area (Å²) in [5.74, 6) is 0. The van der Waals surface area contributed by atoms with Crippen molar-refractivity contribution < 1.29 is 0 Å². The molecule has 0 amide bonds. The van der Waals surface area contributed by atoms with Gasteiger partial charge >= 0.3 is 0 Å². The number of hydrogen-bond acceptors (Lipinski definition) is 2. The molecule has 88 valence electrons. The van der Waals surface area contributed by atoms with Crippen molar-refractivity contribution in [2.75, 3.05) is 25.0 Å². The Morgan fingerprint density at radius 3 is 2.94 bits per heavy atom. The van der Waals surface area contributed by atoms with Gasteiger partial charge in [-0.2, -0.15) is 0 Å². The molecule has 1 unspecified atom stereocenters. The van der Waals surface area contributed by atoms with Gasteiger partial charge < -0.3 is 10.2 Å². The van der Waals surface area contributed by atoms with Crippen LogP contribution in [0.2, 0.25) is 10.0 Å². The molecule has 1 aliphatic rings. The minimum absolute atomic E-state index is 0.545. The Labute approximate surface area is 107 Å². The third-order valence-electron chi connectivity index (χ3n) is 3.08. The van der Waals surface area contributed by atoms with Crippen molar-refractivity contribution in [3.63, 3.8) is 0 Å². The van der Waals surface area contributed by atoms with E-state index < -0.39 is 0 Å². The smallest absolute Gasteiger partial charge is 0.0640 e. The fourth-order valence-electron chi connectivity index (χ4n) is 2.16. The first-order valence-corrected chi connectivity index (χ1v) is 6.33. The molecular formula is C12H16Cl2N2. The number of rotatable bonds is 2. The first-order chi connectivity index (χ1) is 7.70. The highest BCUT2D eigenvalue weighted by Gasteiger charge is 2.20. The third kappa shape index (κ3) is 2.62. The molecule has 0 aliphatic carbocycles. The average Bonchev–Trinajstić information content (AvgIpc) is 2.32. The molecular weight excluding hydrogens is 243 g/mol. The van der Waals surface area contributed by atoms with Crippen LogP contribution in [0, 0.1) is 0 Å². The van der Waals surface area contributed by atoms with Gasteiger partial charge in [0.05, 0.1) is 10.7 Å². The normalized spacial score (nSPS) is 21.2. The van der Waals surface area contributed by atoms with Gasteiger partial charge in [-0.15, -0.1) is 0 Å². The predicted octanol–water partition coefficient (Wildman–Crippen LogP) is 3.18. The van der Waals surface area contributed by atoms with Gasteiger partial charge in [-0.3, -0.25) is 0 Å². The molecule has 1 aromatic carbocycles. The van der Waals surface area contributed by atoms with E-state index in [4.69, 9.17) is 23.2 Å². The number of anilines is 1. The molecule has 1 fully saturated rings. The van der Waals surface area contributed by atoms with Gasteiger partial charge in [0.1, 0.15) is 0 Å². The van der Waals surface area contributed by atoms with Crippen molar-refractivity contribution in [3.05, 3.63) is 28.2 Å². The first-order valence-electron chi connectivity index (χ1n) is 5.58. The van der Waals surface area contributed by atoms with Crippen LogP contribution in [0.25, 0.3) is 0 Å². The molecule has 0 bridgehead atoms. The van der Waals surface area contributed by atoms with E-state index in [9.17, 15) is 0 Å². The van der Waals surface area contributed by atoms with Gasteiger partial charge in [0.2, 0.25) is 0 Å². The number of nitrogens with one attached hydrogen (secondary N) is 1. The molecule has 1 aliphatic heterocycles. The topological polar surface area (TPSA) is 15.3 Å². The number of hydrogen-bond donors (Lipinski definition) is 1. The third-order valence-corrected chi connectivity index (χ3v) is 3.63. The molecule has 1 atom stereocenters. The molecule has 2 rings (SSSR count). The molecule has 1 heterocycles. The van der Waals surface area contributed by atoms with E-state index >= 15 is 0 Å².